The van der Waals surface area contributed by atoms with E-state index in [4.69, 9.17) is 11.6 Å². The Labute approximate surface area is 188 Å². The molecule has 0 saturated carbocycles. The van der Waals surface area contributed by atoms with Crippen molar-refractivity contribution in [2.24, 2.45) is 7.05 Å². The van der Waals surface area contributed by atoms with Gasteiger partial charge in [-0.25, -0.2) is 8.42 Å². The molecule has 3 heterocycles. The third-order valence-corrected chi connectivity index (χ3v) is 7.00. The average Bonchev–Trinajstić information content (AvgIpc) is 3.16. The number of hydrogen-bond donors (Lipinski definition) is 1. The van der Waals surface area contributed by atoms with Gasteiger partial charge in [-0.2, -0.15) is 5.10 Å². The second-order valence-corrected chi connectivity index (χ2v) is 10.7. The predicted molar refractivity (Wildman–Crippen MR) is 123 cm³/mol. The number of halogens is 1. The molecule has 0 bridgehead atoms. The highest BCUT2D eigenvalue weighted by Crippen LogP contribution is 2.34. The van der Waals surface area contributed by atoms with Gasteiger partial charge in [0, 0.05) is 25.4 Å². The Balaban J connectivity index is 1.59. The number of nitrogens with one attached hydrogen (secondary N) is 1. The zero-order chi connectivity index (χ0) is 22.4. The van der Waals surface area contributed by atoms with Crippen LogP contribution < -0.4 is 4.72 Å². The van der Waals surface area contributed by atoms with E-state index in [0.29, 0.717) is 17.4 Å². The maximum absolute atomic E-state index is 13.0. The largest absolute Gasteiger partial charge is 0.322 e. The fourth-order valence-electron chi connectivity index (χ4n) is 3.52. The molecule has 2 aliphatic heterocycles. The van der Waals surface area contributed by atoms with Gasteiger partial charge in [0.2, 0.25) is 0 Å². The highest BCUT2D eigenvalue weighted by molar-refractivity contribution is 7.89. The zero-order valence-electron chi connectivity index (χ0n) is 17.9. The summed E-state index contributed by atoms with van der Waals surface area (Å²) in [6.45, 7) is 6.76. The van der Waals surface area contributed by atoms with E-state index in [9.17, 15) is 8.42 Å². The first-order valence-electron chi connectivity index (χ1n) is 9.94. The molecule has 1 N–H and O–H groups in total. The summed E-state index contributed by atoms with van der Waals surface area (Å²) < 4.78 is 30.5. The lowest BCUT2D eigenvalue weighted by atomic mass is 9.87. The molecule has 0 spiro atoms. The quantitative estimate of drug-likeness (QED) is 0.746. The molecule has 0 atom stereocenters. The number of hydrogen-bond acceptors (Lipinski definition) is 4. The standard InChI is InChI=1S/C23H25ClN4O2S/c1-23(2,3)18-5-7-19(8-6-18)31(29,30)26-22-10-9-20(24)21-13-16(11-12-28(21)22)17-14-25-27(4)15-17/h5-11,13-15,26H,12H2,1-4H3. The fraction of sp³-hybridized carbons (Fsp3) is 0.261. The van der Waals surface area contributed by atoms with Crippen LogP contribution in [0.2, 0.25) is 0 Å². The number of rotatable bonds is 4. The number of aromatic nitrogens is 2. The van der Waals surface area contributed by atoms with Gasteiger partial charge >= 0.3 is 0 Å². The second kappa shape index (κ2) is 7.73. The van der Waals surface area contributed by atoms with E-state index in [2.05, 4.69) is 30.6 Å². The van der Waals surface area contributed by atoms with Crippen LogP contribution in [0.15, 0.2) is 82.4 Å². The average molecular weight is 457 g/mol. The Morgan fingerprint density at radius 1 is 1.13 bits per heavy atom. The monoisotopic (exact) mass is 456 g/mol. The van der Waals surface area contributed by atoms with Gasteiger partial charge in [-0.05, 0) is 46.9 Å². The molecule has 0 fully saturated rings. The van der Waals surface area contributed by atoms with Crippen molar-refractivity contribution in [1.29, 1.82) is 0 Å². The summed E-state index contributed by atoms with van der Waals surface area (Å²) in [5.74, 6) is 0.456. The van der Waals surface area contributed by atoms with Gasteiger partial charge in [-0.1, -0.05) is 50.6 Å². The SMILES string of the molecule is Cn1cc(C2=CCN3C(NS(=O)(=O)c4ccc(C(C)(C)C)cc4)=CC=C(Cl)C3=C2)cn1. The van der Waals surface area contributed by atoms with Crippen molar-refractivity contribution in [2.45, 2.75) is 31.1 Å². The topological polar surface area (TPSA) is 67.2 Å². The van der Waals surface area contributed by atoms with Gasteiger partial charge in [0.25, 0.3) is 10.0 Å². The number of allylic oxidation sites excluding steroid dienone is 5. The first kappa shape index (κ1) is 21.5. The molecule has 4 rings (SSSR count). The zero-order valence-corrected chi connectivity index (χ0v) is 19.5. The van der Waals surface area contributed by atoms with Gasteiger partial charge in [0.15, 0.2) is 0 Å². The molecule has 0 amide bonds. The highest BCUT2D eigenvalue weighted by Gasteiger charge is 2.27. The number of aryl methyl sites for hydroxylation is 1. The molecule has 6 nitrogen and oxygen atoms in total. The van der Waals surface area contributed by atoms with Gasteiger partial charge < -0.3 is 4.90 Å². The molecule has 1 aromatic heterocycles. The van der Waals surface area contributed by atoms with E-state index < -0.39 is 10.0 Å². The molecule has 0 aliphatic carbocycles. The summed E-state index contributed by atoms with van der Waals surface area (Å²) in [5.41, 5.74) is 3.75. The number of sulfonamides is 1. The molecule has 1 aromatic carbocycles. The van der Waals surface area contributed by atoms with Gasteiger partial charge in [-0.15, -0.1) is 0 Å². The maximum Gasteiger partial charge on any atom is 0.262 e. The smallest absolute Gasteiger partial charge is 0.262 e. The van der Waals surface area contributed by atoms with E-state index in [1.165, 1.54) is 0 Å². The minimum Gasteiger partial charge on any atom is -0.322 e. The van der Waals surface area contributed by atoms with Crippen LogP contribution in [-0.4, -0.2) is 29.6 Å². The van der Waals surface area contributed by atoms with Crippen LogP contribution >= 0.6 is 11.6 Å². The van der Waals surface area contributed by atoms with Crippen molar-refractivity contribution in [3.63, 3.8) is 0 Å². The Bertz CT molecular complexity index is 1240. The molecule has 0 unspecified atom stereocenters. The van der Waals surface area contributed by atoms with E-state index in [1.807, 2.05) is 42.4 Å². The first-order chi connectivity index (χ1) is 14.5. The van der Waals surface area contributed by atoms with E-state index >= 15 is 0 Å². The third kappa shape index (κ3) is 4.34. The van der Waals surface area contributed by atoms with E-state index in [-0.39, 0.29) is 10.3 Å². The van der Waals surface area contributed by atoms with Crippen molar-refractivity contribution >= 4 is 27.2 Å². The minimum absolute atomic E-state index is 0.0467. The van der Waals surface area contributed by atoms with E-state index in [1.54, 1.807) is 35.2 Å². The summed E-state index contributed by atoms with van der Waals surface area (Å²) in [6, 6.07) is 7.00. The third-order valence-electron chi connectivity index (χ3n) is 5.31. The lowest BCUT2D eigenvalue weighted by molar-refractivity contribution is 0.454. The molecule has 162 valence electrons. The summed E-state index contributed by atoms with van der Waals surface area (Å²) in [4.78, 5) is 2.07. The van der Waals surface area contributed by atoms with Crippen molar-refractivity contribution in [3.8, 4) is 0 Å². The second-order valence-electron chi connectivity index (χ2n) is 8.65. The summed E-state index contributed by atoms with van der Waals surface area (Å²) >= 11 is 6.44. The number of benzene rings is 1. The predicted octanol–water partition coefficient (Wildman–Crippen LogP) is 4.26. The Kier molecular flexibility index (Phi) is 5.35. The van der Waals surface area contributed by atoms with Crippen LogP contribution in [0.5, 0.6) is 0 Å². The lowest BCUT2D eigenvalue weighted by Crippen LogP contribution is -2.37. The summed E-state index contributed by atoms with van der Waals surface area (Å²) in [5, 5.41) is 4.76. The molecule has 0 radical (unpaired) electrons. The van der Waals surface area contributed by atoms with Gasteiger partial charge in [-0.3, -0.25) is 9.40 Å². The molecule has 2 aromatic rings. The molecule has 31 heavy (non-hydrogen) atoms. The van der Waals surface area contributed by atoms with Crippen LogP contribution in [0.25, 0.3) is 5.57 Å². The molecular weight excluding hydrogens is 432 g/mol. The van der Waals surface area contributed by atoms with Crippen LogP contribution in [-0.2, 0) is 22.5 Å². The van der Waals surface area contributed by atoms with Crippen molar-refractivity contribution in [1.82, 2.24) is 19.4 Å². The van der Waals surface area contributed by atoms with Gasteiger partial charge in [0.1, 0.15) is 5.82 Å². The van der Waals surface area contributed by atoms with Crippen molar-refractivity contribution in [3.05, 3.63) is 88.6 Å². The van der Waals surface area contributed by atoms with Crippen molar-refractivity contribution in [2.75, 3.05) is 6.54 Å². The lowest BCUT2D eigenvalue weighted by Gasteiger charge is -2.34. The number of fused-ring (bicyclic) bond motifs is 1. The molecule has 0 saturated heterocycles. The minimum atomic E-state index is -3.75. The van der Waals surface area contributed by atoms with Crippen LogP contribution in [0, 0.1) is 0 Å². The molecule has 8 heteroatoms. The maximum atomic E-state index is 13.0. The number of nitrogens with zero attached hydrogens (tertiary/aromatic N) is 3. The summed E-state index contributed by atoms with van der Waals surface area (Å²) in [6.07, 6.45) is 11.1. The van der Waals surface area contributed by atoms with Crippen molar-refractivity contribution < 1.29 is 8.42 Å². The van der Waals surface area contributed by atoms with Crippen LogP contribution in [0.3, 0.4) is 0 Å². The first-order valence-corrected chi connectivity index (χ1v) is 11.8. The normalized spacial score (nSPS) is 16.7. The molecule has 2 aliphatic rings. The summed E-state index contributed by atoms with van der Waals surface area (Å²) in [7, 11) is -1.88. The fourth-order valence-corrected chi connectivity index (χ4v) is 4.80. The Hall–Kier alpha value is -2.77. The molecular formula is C23H25ClN4O2S. The van der Waals surface area contributed by atoms with Gasteiger partial charge in [0.05, 0.1) is 21.8 Å². The van der Waals surface area contributed by atoms with Crippen LogP contribution in [0.1, 0.15) is 31.9 Å². The van der Waals surface area contributed by atoms with Crippen LogP contribution in [0.4, 0.5) is 0 Å². The highest BCUT2D eigenvalue weighted by atomic mass is 35.5. The Morgan fingerprint density at radius 3 is 2.45 bits per heavy atom. The van der Waals surface area contributed by atoms with E-state index in [0.717, 1.165) is 22.4 Å². The Morgan fingerprint density at radius 2 is 1.84 bits per heavy atom.